The molecular formula is C47H66N4+2. The minimum atomic E-state index is -0.474. The van der Waals surface area contributed by atoms with E-state index in [9.17, 15) is 0 Å². The molecule has 1 aromatic carbocycles. The molecule has 0 saturated carbocycles. The lowest BCUT2D eigenvalue weighted by Crippen LogP contribution is -2.43. The van der Waals surface area contributed by atoms with E-state index in [1.54, 1.807) is 0 Å². The molecule has 1 atom stereocenters. The van der Waals surface area contributed by atoms with Gasteiger partial charge < -0.3 is 4.90 Å². The van der Waals surface area contributed by atoms with Gasteiger partial charge in [0, 0.05) is 55.6 Å². The average molecular weight is 687 g/mol. The van der Waals surface area contributed by atoms with Crippen LogP contribution in [0, 0.1) is 6.92 Å². The molecule has 0 saturated heterocycles. The highest BCUT2D eigenvalue weighted by atomic mass is 15.2. The minimum Gasteiger partial charge on any atom is -0.327 e. The summed E-state index contributed by atoms with van der Waals surface area (Å²) in [6.45, 7) is 16.4. The SMILES string of the molecule is C/C=C\C(=C/C=NCCCCCC)N1C(c2ccc(C)cc2)=CC(c2cc[n+](CCCCCC)cc2)=CC1(C)c1cc[n+](CCCCCC)cc1. The highest BCUT2D eigenvalue weighted by Gasteiger charge is 2.39. The van der Waals surface area contributed by atoms with Crippen LogP contribution >= 0.6 is 0 Å². The van der Waals surface area contributed by atoms with Crippen molar-refractivity contribution >= 4 is 17.5 Å². The van der Waals surface area contributed by atoms with Gasteiger partial charge in [-0.15, -0.1) is 0 Å². The second-order valence-corrected chi connectivity index (χ2v) is 14.5. The summed E-state index contributed by atoms with van der Waals surface area (Å²) in [5, 5.41) is 0. The fraction of sp³-hybridized carbons (Fsp3) is 0.468. The Labute approximate surface area is 311 Å². The van der Waals surface area contributed by atoms with Gasteiger partial charge in [0.25, 0.3) is 0 Å². The van der Waals surface area contributed by atoms with Crippen LogP contribution in [0.15, 0.2) is 114 Å². The molecule has 3 heterocycles. The maximum Gasteiger partial charge on any atom is 0.169 e. The standard InChI is InChI=1S/C47H66N4/c1-7-11-14-17-30-48-31-25-45(20-10-4)51-46(42-23-21-40(5)22-24-42)38-43(41-26-34-49(35-27-41)32-18-15-12-8-2)39-47(51,6)44-28-36-50(37-29-44)33-19-16-13-9-3/h10,20-29,31,34-39H,7-9,11-19,30,32-33H2,1-6H3/q+2/b20-10-,45-25+,48-31?. The normalized spacial score (nSPS) is 16.7. The van der Waals surface area contributed by atoms with E-state index in [4.69, 9.17) is 4.99 Å². The number of allylic oxidation sites excluding steroid dienone is 5. The maximum atomic E-state index is 4.84. The molecule has 0 bridgehead atoms. The third-order valence-electron chi connectivity index (χ3n) is 10.1. The number of nitrogens with zero attached hydrogens (tertiary/aromatic N) is 4. The number of rotatable bonds is 21. The summed E-state index contributed by atoms with van der Waals surface area (Å²) in [4.78, 5) is 7.37. The van der Waals surface area contributed by atoms with Crippen molar-refractivity contribution < 1.29 is 9.13 Å². The van der Waals surface area contributed by atoms with E-state index in [-0.39, 0.29) is 0 Å². The lowest BCUT2D eigenvalue weighted by atomic mass is 9.81. The Balaban J connectivity index is 1.82. The van der Waals surface area contributed by atoms with Gasteiger partial charge >= 0.3 is 0 Å². The predicted octanol–water partition coefficient (Wildman–Crippen LogP) is 11.5. The molecule has 0 spiro atoms. The summed E-state index contributed by atoms with van der Waals surface area (Å²) < 4.78 is 4.69. The van der Waals surface area contributed by atoms with E-state index in [1.165, 1.54) is 104 Å². The topological polar surface area (TPSA) is 23.4 Å². The third-order valence-corrected chi connectivity index (χ3v) is 10.1. The molecule has 3 aromatic rings. The zero-order chi connectivity index (χ0) is 36.3. The quantitative estimate of drug-likeness (QED) is 0.0473. The van der Waals surface area contributed by atoms with Gasteiger partial charge in [0.15, 0.2) is 24.8 Å². The van der Waals surface area contributed by atoms with E-state index in [0.29, 0.717) is 0 Å². The van der Waals surface area contributed by atoms with E-state index < -0.39 is 5.54 Å². The van der Waals surface area contributed by atoms with Gasteiger partial charge in [-0.25, -0.2) is 9.13 Å². The van der Waals surface area contributed by atoms with Gasteiger partial charge in [0.1, 0.15) is 13.1 Å². The second-order valence-electron chi connectivity index (χ2n) is 14.5. The highest BCUT2D eigenvalue weighted by Crippen LogP contribution is 2.46. The average Bonchev–Trinajstić information content (AvgIpc) is 3.15. The Hall–Kier alpha value is -4.05. The van der Waals surface area contributed by atoms with Gasteiger partial charge in [0.2, 0.25) is 0 Å². The molecule has 1 unspecified atom stereocenters. The van der Waals surface area contributed by atoms with E-state index in [1.807, 2.05) is 6.21 Å². The first kappa shape index (κ1) is 39.7. The molecule has 4 rings (SSSR count). The van der Waals surface area contributed by atoms with Crippen LogP contribution in [0.4, 0.5) is 0 Å². The Morgan fingerprint density at radius 3 is 1.84 bits per heavy atom. The van der Waals surface area contributed by atoms with Crippen molar-refractivity contribution in [3.05, 3.63) is 132 Å². The third kappa shape index (κ3) is 11.7. The van der Waals surface area contributed by atoms with Crippen LogP contribution in [0.1, 0.15) is 134 Å². The summed E-state index contributed by atoms with van der Waals surface area (Å²) in [7, 11) is 0. The van der Waals surface area contributed by atoms with Gasteiger partial charge in [0.05, 0.1) is 11.2 Å². The zero-order valence-corrected chi connectivity index (χ0v) is 32.8. The van der Waals surface area contributed by atoms with Crippen molar-refractivity contribution in [3.8, 4) is 0 Å². The Morgan fingerprint density at radius 1 is 0.706 bits per heavy atom. The number of hydrogen-bond donors (Lipinski definition) is 0. The summed E-state index contributed by atoms with van der Waals surface area (Å²) in [6, 6.07) is 18.3. The molecule has 1 aliphatic rings. The molecule has 0 aliphatic carbocycles. The number of pyridine rings is 2. The van der Waals surface area contributed by atoms with Crippen molar-refractivity contribution in [2.45, 2.75) is 137 Å². The predicted molar refractivity (Wildman–Crippen MR) is 218 cm³/mol. The molecular weight excluding hydrogens is 621 g/mol. The smallest absolute Gasteiger partial charge is 0.169 e. The summed E-state index contributed by atoms with van der Waals surface area (Å²) in [6.07, 6.45) is 37.6. The van der Waals surface area contributed by atoms with Gasteiger partial charge in [-0.2, -0.15) is 0 Å². The zero-order valence-electron chi connectivity index (χ0n) is 32.8. The van der Waals surface area contributed by atoms with Crippen LogP contribution in [0.25, 0.3) is 11.3 Å². The van der Waals surface area contributed by atoms with E-state index >= 15 is 0 Å². The van der Waals surface area contributed by atoms with Crippen LogP contribution in [-0.4, -0.2) is 17.7 Å². The largest absolute Gasteiger partial charge is 0.327 e. The first-order valence-corrected chi connectivity index (χ1v) is 20.1. The molecule has 0 amide bonds. The van der Waals surface area contributed by atoms with Crippen molar-refractivity contribution in [3.63, 3.8) is 0 Å². The fourth-order valence-corrected chi connectivity index (χ4v) is 6.99. The Bertz CT molecular complexity index is 1610. The monoisotopic (exact) mass is 687 g/mol. The van der Waals surface area contributed by atoms with Crippen LogP contribution in [-0.2, 0) is 18.6 Å². The van der Waals surface area contributed by atoms with Crippen LogP contribution < -0.4 is 9.13 Å². The van der Waals surface area contributed by atoms with Crippen molar-refractivity contribution in [2.24, 2.45) is 4.99 Å². The molecule has 1 aliphatic heterocycles. The first-order chi connectivity index (χ1) is 24.9. The lowest BCUT2D eigenvalue weighted by Gasteiger charge is -2.46. The van der Waals surface area contributed by atoms with Gasteiger partial charge in [-0.05, 0) is 86.6 Å². The molecule has 0 N–H and O–H groups in total. The lowest BCUT2D eigenvalue weighted by molar-refractivity contribution is -0.697. The molecule has 4 nitrogen and oxygen atoms in total. The first-order valence-electron chi connectivity index (χ1n) is 20.1. The minimum absolute atomic E-state index is 0.474. The summed E-state index contributed by atoms with van der Waals surface area (Å²) in [5.74, 6) is 0. The van der Waals surface area contributed by atoms with Gasteiger partial charge in [-0.3, -0.25) is 4.99 Å². The van der Waals surface area contributed by atoms with Crippen LogP contribution in [0.5, 0.6) is 0 Å². The maximum absolute atomic E-state index is 4.84. The van der Waals surface area contributed by atoms with E-state index in [0.717, 1.165) is 31.8 Å². The molecule has 0 fully saturated rings. The number of hydrogen-bond acceptors (Lipinski definition) is 2. The van der Waals surface area contributed by atoms with Crippen molar-refractivity contribution in [1.29, 1.82) is 0 Å². The number of benzene rings is 1. The number of unbranched alkanes of at least 4 members (excludes halogenated alkanes) is 9. The molecule has 4 heteroatoms. The molecule has 2 aromatic heterocycles. The number of aryl methyl sites for hydroxylation is 3. The molecule has 0 radical (unpaired) electrons. The second kappa shape index (κ2) is 21.3. The van der Waals surface area contributed by atoms with Crippen molar-refractivity contribution in [1.82, 2.24) is 4.90 Å². The number of aliphatic imine (C=N–C) groups is 1. The fourth-order valence-electron chi connectivity index (χ4n) is 6.99. The van der Waals surface area contributed by atoms with E-state index in [2.05, 4.69) is 159 Å². The Morgan fingerprint density at radius 2 is 1.27 bits per heavy atom. The Kier molecular flexibility index (Phi) is 16.6. The van der Waals surface area contributed by atoms with Crippen LogP contribution in [0.2, 0.25) is 0 Å². The molecule has 51 heavy (non-hydrogen) atoms. The van der Waals surface area contributed by atoms with Crippen molar-refractivity contribution in [2.75, 3.05) is 6.54 Å². The molecule has 272 valence electrons. The number of aromatic nitrogens is 2. The summed E-state index contributed by atoms with van der Waals surface area (Å²) >= 11 is 0. The highest BCUT2D eigenvalue weighted by molar-refractivity contribution is 5.88. The summed E-state index contributed by atoms with van der Waals surface area (Å²) in [5.41, 5.74) is 8.03. The van der Waals surface area contributed by atoms with Gasteiger partial charge in [-0.1, -0.05) is 102 Å². The van der Waals surface area contributed by atoms with Crippen LogP contribution in [0.3, 0.4) is 0 Å².